The molecule has 3 heterocycles. The Morgan fingerprint density at radius 2 is 1.94 bits per heavy atom. The molecule has 0 saturated carbocycles. The molecule has 0 bridgehead atoms. The fourth-order valence-electron chi connectivity index (χ4n) is 3.76. The van der Waals surface area contributed by atoms with Gasteiger partial charge in [-0.2, -0.15) is 5.10 Å². The van der Waals surface area contributed by atoms with Gasteiger partial charge in [0.1, 0.15) is 19.3 Å². The van der Waals surface area contributed by atoms with Gasteiger partial charge in [-0.05, 0) is 46.8 Å². The van der Waals surface area contributed by atoms with E-state index in [-0.39, 0.29) is 5.91 Å². The van der Waals surface area contributed by atoms with E-state index in [2.05, 4.69) is 20.8 Å². The van der Waals surface area contributed by atoms with E-state index in [1.807, 2.05) is 41.9 Å². The van der Waals surface area contributed by atoms with Gasteiger partial charge in [-0.3, -0.25) is 9.59 Å². The molecule has 3 N–H and O–H groups in total. The van der Waals surface area contributed by atoms with Crippen LogP contribution >= 0.6 is 11.3 Å². The lowest BCUT2D eigenvalue weighted by molar-refractivity contribution is -0.122. The fourth-order valence-corrected chi connectivity index (χ4v) is 4.38. The lowest BCUT2D eigenvalue weighted by atomic mass is 10.0. The smallest absolute Gasteiger partial charge is 0.262 e. The van der Waals surface area contributed by atoms with Crippen molar-refractivity contribution in [3.05, 3.63) is 82.2 Å². The van der Waals surface area contributed by atoms with Gasteiger partial charge < -0.3 is 19.8 Å². The largest absolute Gasteiger partial charge is 0.486 e. The molecule has 8 nitrogen and oxygen atoms in total. The second kappa shape index (κ2) is 9.80. The third-order valence-electron chi connectivity index (χ3n) is 5.42. The van der Waals surface area contributed by atoms with Gasteiger partial charge in [0.05, 0.1) is 11.1 Å². The number of nitrogens with zero attached hydrogens (tertiary/aromatic N) is 1. The van der Waals surface area contributed by atoms with Crippen LogP contribution in [0.5, 0.6) is 11.5 Å². The number of hydrogen-bond donors (Lipinski definition) is 3. The molecule has 2 amide bonds. The molecule has 0 saturated heterocycles. The Hall–Kier alpha value is -4.11. The molecule has 1 aliphatic heterocycles. The zero-order valence-corrected chi connectivity index (χ0v) is 18.9. The zero-order valence-electron chi connectivity index (χ0n) is 18.1. The Morgan fingerprint density at radius 3 is 2.79 bits per heavy atom. The number of para-hydroxylation sites is 1. The van der Waals surface area contributed by atoms with Crippen LogP contribution < -0.4 is 20.2 Å². The first-order valence-corrected chi connectivity index (χ1v) is 11.7. The van der Waals surface area contributed by atoms with Crippen LogP contribution in [0.3, 0.4) is 0 Å². The van der Waals surface area contributed by atoms with E-state index in [0.29, 0.717) is 36.0 Å². The summed E-state index contributed by atoms with van der Waals surface area (Å²) >= 11 is 1.32. The third kappa shape index (κ3) is 4.79. The molecule has 172 valence electrons. The quantitative estimate of drug-likeness (QED) is 0.282. The average molecular weight is 475 g/mol. The predicted octanol–water partition coefficient (Wildman–Crippen LogP) is 3.49. The highest BCUT2D eigenvalue weighted by Gasteiger charge is 2.23. The summed E-state index contributed by atoms with van der Waals surface area (Å²) in [7, 11) is 0. The normalized spacial score (nSPS) is 13.6. The van der Waals surface area contributed by atoms with Crippen LogP contribution in [0.15, 0.2) is 71.3 Å². The van der Waals surface area contributed by atoms with Crippen molar-refractivity contribution in [2.75, 3.05) is 13.2 Å². The molecule has 2 aromatic heterocycles. The van der Waals surface area contributed by atoms with E-state index in [1.165, 1.54) is 17.6 Å². The number of aromatic nitrogens is 1. The Morgan fingerprint density at radius 1 is 1.09 bits per heavy atom. The minimum atomic E-state index is -0.814. The van der Waals surface area contributed by atoms with Crippen LogP contribution in [0.1, 0.15) is 20.8 Å². The number of amides is 2. The van der Waals surface area contributed by atoms with Crippen molar-refractivity contribution < 1.29 is 19.1 Å². The molecule has 0 fully saturated rings. The lowest BCUT2D eigenvalue weighted by Crippen LogP contribution is -2.46. The highest BCUT2D eigenvalue weighted by molar-refractivity contribution is 7.12. The Balaban J connectivity index is 1.32. The SMILES string of the molecule is O=C(NC(Cc1c[nH]c2ccccc12)C(=O)N/N=C/c1ccc2c(c1)OCCO2)c1cccs1. The highest BCUT2D eigenvalue weighted by Crippen LogP contribution is 2.30. The minimum absolute atomic E-state index is 0.300. The second-order valence-electron chi connectivity index (χ2n) is 7.70. The molecule has 2 aromatic carbocycles. The van der Waals surface area contributed by atoms with Crippen molar-refractivity contribution in [3.8, 4) is 11.5 Å². The number of aromatic amines is 1. The maximum absolute atomic E-state index is 13.0. The number of carbonyl (C=O) groups excluding carboxylic acids is 2. The molecule has 34 heavy (non-hydrogen) atoms. The summed E-state index contributed by atoms with van der Waals surface area (Å²) in [5, 5.41) is 9.77. The molecule has 1 aliphatic rings. The molecule has 5 rings (SSSR count). The number of benzene rings is 2. The van der Waals surface area contributed by atoms with Gasteiger partial charge in [0.15, 0.2) is 11.5 Å². The van der Waals surface area contributed by atoms with Gasteiger partial charge in [0.25, 0.3) is 11.8 Å². The molecule has 0 spiro atoms. The van der Waals surface area contributed by atoms with Crippen LogP contribution in [-0.2, 0) is 11.2 Å². The maximum Gasteiger partial charge on any atom is 0.262 e. The first-order valence-electron chi connectivity index (χ1n) is 10.8. The number of fused-ring (bicyclic) bond motifs is 2. The number of carbonyl (C=O) groups is 2. The molecule has 0 radical (unpaired) electrons. The number of hydrogen-bond acceptors (Lipinski definition) is 6. The lowest BCUT2D eigenvalue weighted by Gasteiger charge is -2.18. The van der Waals surface area contributed by atoms with E-state index in [4.69, 9.17) is 9.47 Å². The Labute approximate surface area is 199 Å². The van der Waals surface area contributed by atoms with Crippen LogP contribution in [0.2, 0.25) is 0 Å². The number of ether oxygens (including phenoxy) is 2. The van der Waals surface area contributed by atoms with Crippen molar-refractivity contribution in [2.45, 2.75) is 12.5 Å². The average Bonchev–Trinajstić information content (AvgIpc) is 3.54. The summed E-state index contributed by atoms with van der Waals surface area (Å²) in [6.45, 7) is 1.01. The number of nitrogens with one attached hydrogen (secondary N) is 3. The Bertz CT molecular complexity index is 1350. The van der Waals surface area contributed by atoms with Crippen molar-refractivity contribution in [1.82, 2.24) is 15.7 Å². The number of rotatable bonds is 7. The summed E-state index contributed by atoms with van der Waals surface area (Å²) in [6.07, 6.45) is 3.70. The van der Waals surface area contributed by atoms with Gasteiger partial charge in [-0.25, -0.2) is 5.43 Å². The summed E-state index contributed by atoms with van der Waals surface area (Å²) < 4.78 is 11.1. The van der Waals surface area contributed by atoms with Crippen molar-refractivity contribution in [3.63, 3.8) is 0 Å². The van der Waals surface area contributed by atoms with Crippen molar-refractivity contribution in [1.29, 1.82) is 0 Å². The summed E-state index contributed by atoms with van der Waals surface area (Å²) in [6, 6.07) is 16.0. The monoisotopic (exact) mass is 474 g/mol. The second-order valence-corrected chi connectivity index (χ2v) is 8.65. The van der Waals surface area contributed by atoms with Crippen LogP contribution in [0, 0.1) is 0 Å². The van der Waals surface area contributed by atoms with E-state index in [0.717, 1.165) is 22.0 Å². The standard InChI is InChI=1S/C25H22N4O4S/c30-24(29-27-14-16-7-8-21-22(12-16)33-10-9-32-21)20(28-25(31)23-6-3-11-34-23)13-17-15-26-19-5-2-1-4-18(17)19/h1-8,11-12,14-15,20,26H,9-10,13H2,(H,28,31)(H,29,30)/b27-14+. The summed E-state index contributed by atoms with van der Waals surface area (Å²) in [4.78, 5) is 29.5. The first kappa shape index (κ1) is 21.7. The van der Waals surface area contributed by atoms with Gasteiger partial charge in [-0.1, -0.05) is 24.3 Å². The van der Waals surface area contributed by atoms with E-state index < -0.39 is 11.9 Å². The molecule has 4 aromatic rings. The van der Waals surface area contributed by atoms with Crippen LogP contribution in [0.25, 0.3) is 10.9 Å². The minimum Gasteiger partial charge on any atom is -0.486 e. The predicted molar refractivity (Wildman–Crippen MR) is 131 cm³/mol. The van der Waals surface area contributed by atoms with Gasteiger partial charge >= 0.3 is 0 Å². The van der Waals surface area contributed by atoms with E-state index in [1.54, 1.807) is 24.3 Å². The van der Waals surface area contributed by atoms with Crippen LogP contribution in [0.4, 0.5) is 0 Å². The Kier molecular flexibility index (Phi) is 6.26. The first-order chi connectivity index (χ1) is 16.7. The van der Waals surface area contributed by atoms with Crippen molar-refractivity contribution >= 4 is 40.3 Å². The van der Waals surface area contributed by atoms with Crippen LogP contribution in [-0.4, -0.2) is 42.3 Å². The van der Waals surface area contributed by atoms with Crippen molar-refractivity contribution in [2.24, 2.45) is 5.10 Å². The molecule has 1 unspecified atom stereocenters. The summed E-state index contributed by atoms with van der Waals surface area (Å²) in [5.41, 5.74) is 5.21. The van der Waals surface area contributed by atoms with Gasteiger partial charge in [-0.15, -0.1) is 11.3 Å². The molecule has 0 aliphatic carbocycles. The zero-order chi connectivity index (χ0) is 23.3. The molecule has 1 atom stereocenters. The highest BCUT2D eigenvalue weighted by atomic mass is 32.1. The number of hydrazone groups is 1. The van der Waals surface area contributed by atoms with Gasteiger partial charge in [0, 0.05) is 23.5 Å². The van der Waals surface area contributed by atoms with E-state index >= 15 is 0 Å². The topological polar surface area (TPSA) is 105 Å². The molecular weight excluding hydrogens is 452 g/mol. The molecular formula is C25H22N4O4S. The molecule has 9 heteroatoms. The number of H-pyrrole nitrogens is 1. The number of thiophene rings is 1. The third-order valence-corrected chi connectivity index (χ3v) is 6.29. The van der Waals surface area contributed by atoms with Gasteiger partial charge in [0.2, 0.25) is 0 Å². The maximum atomic E-state index is 13.0. The fraction of sp³-hybridized carbons (Fsp3) is 0.160. The van der Waals surface area contributed by atoms with E-state index in [9.17, 15) is 9.59 Å². The summed E-state index contributed by atoms with van der Waals surface area (Å²) in [5.74, 6) is 0.610.